The van der Waals surface area contributed by atoms with Gasteiger partial charge in [-0.05, 0) is 23.8 Å². The van der Waals surface area contributed by atoms with Crippen molar-refractivity contribution < 1.29 is 4.79 Å². The van der Waals surface area contributed by atoms with E-state index in [0.29, 0.717) is 5.56 Å². The minimum absolute atomic E-state index is 0.107. The fourth-order valence-electron chi connectivity index (χ4n) is 2.63. The lowest BCUT2D eigenvalue weighted by Crippen LogP contribution is -2.43. The number of rotatable bonds is 3. The number of amides is 1. The number of nitrogens with one attached hydrogen (secondary N) is 2. The van der Waals surface area contributed by atoms with Crippen molar-refractivity contribution in [3.8, 4) is 11.1 Å². The molecule has 2 aromatic carbocycles. The number of benzene rings is 1. The van der Waals surface area contributed by atoms with Crippen LogP contribution in [0.25, 0.3) is 11.1 Å². The SMILES string of the molecule is CNC(=O)c1cc#cc(-c2ccc(N3CCNCC3)cc2)c1. The van der Waals surface area contributed by atoms with E-state index in [4.69, 9.17) is 0 Å². The van der Waals surface area contributed by atoms with Gasteiger partial charge in [0.25, 0.3) is 5.91 Å². The highest BCUT2D eigenvalue weighted by molar-refractivity contribution is 5.94. The van der Waals surface area contributed by atoms with E-state index in [1.165, 1.54) is 5.69 Å². The van der Waals surface area contributed by atoms with Crippen LogP contribution in [-0.2, 0) is 0 Å². The highest BCUT2D eigenvalue weighted by Crippen LogP contribution is 2.23. The van der Waals surface area contributed by atoms with E-state index in [2.05, 4.69) is 51.9 Å². The van der Waals surface area contributed by atoms with Crippen LogP contribution in [-0.4, -0.2) is 39.1 Å². The van der Waals surface area contributed by atoms with Crippen LogP contribution in [0.2, 0.25) is 0 Å². The molecule has 0 atom stereocenters. The van der Waals surface area contributed by atoms with Crippen LogP contribution in [0.5, 0.6) is 0 Å². The lowest BCUT2D eigenvalue weighted by Gasteiger charge is -2.29. The topological polar surface area (TPSA) is 44.4 Å². The Kier molecular flexibility index (Phi) is 4.27. The van der Waals surface area contributed by atoms with Crippen molar-refractivity contribution in [1.29, 1.82) is 0 Å². The number of carbonyl (C=O) groups is 1. The Balaban J connectivity index is 1.82. The third-order valence-electron chi connectivity index (χ3n) is 3.88. The minimum atomic E-state index is -0.107. The largest absolute Gasteiger partial charge is 0.369 e. The summed E-state index contributed by atoms with van der Waals surface area (Å²) in [5, 5.41) is 5.98. The van der Waals surface area contributed by atoms with Gasteiger partial charge >= 0.3 is 0 Å². The zero-order valence-electron chi connectivity index (χ0n) is 12.6. The highest BCUT2D eigenvalue weighted by atomic mass is 16.1. The van der Waals surface area contributed by atoms with Gasteiger partial charge in [-0.3, -0.25) is 4.79 Å². The monoisotopic (exact) mass is 293 g/mol. The summed E-state index contributed by atoms with van der Waals surface area (Å²) >= 11 is 0. The molecule has 112 valence electrons. The Morgan fingerprint density at radius 1 is 1.23 bits per heavy atom. The van der Waals surface area contributed by atoms with Gasteiger partial charge in [0.2, 0.25) is 0 Å². The maximum atomic E-state index is 11.7. The molecule has 0 aliphatic carbocycles. The van der Waals surface area contributed by atoms with Gasteiger partial charge in [-0.2, -0.15) is 0 Å². The fraction of sp³-hybridized carbons (Fsp3) is 0.278. The molecule has 0 bridgehead atoms. The van der Waals surface area contributed by atoms with Crippen LogP contribution in [0.3, 0.4) is 0 Å². The lowest BCUT2D eigenvalue weighted by atomic mass is 10.0. The molecule has 3 rings (SSSR count). The molecule has 2 aromatic rings. The Morgan fingerprint density at radius 2 is 1.95 bits per heavy atom. The van der Waals surface area contributed by atoms with Crippen molar-refractivity contribution in [1.82, 2.24) is 10.6 Å². The van der Waals surface area contributed by atoms with Crippen LogP contribution in [0.4, 0.5) is 5.69 Å². The van der Waals surface area contributed by atoms with Crippen LogP contribution >= 0.6 is 0 Å². The maximum Gasteiger partial charge on any atom is 0.251 e. The second-order valence-corrected chi connectivity index (χ2v) is 5.29. The third-order valence-corrected chi connectivity index (χ3v) is 3.88. The van der Waals surface area contributed by atoms with Crippen molar-refractivity contribution in [2.45, 2.75) is 0 Å². The molecule has 1 heterocycles. The molecule has 0 radical (unpaired) electrons. The van der Waals surface area contributed by atoms with Gasteiger partial charge in [-0.1, -0.05) is 24.3 Å². The first-order valence-corrected chi connectivity index (χ1v) is 7.49. The minimum Gasteiger partial charge on any atom is -0.369 e. The van der Waals surface area contributed by atoms with E-state index in [1.54, 1.807) is 13.1 Å². The van der Waals surface area contributed by atoms with Gasteiger partial charge in [0, 0.05) is 56.1 Å². The Labute approximate surface area is 131 Å². The molecule has 2 N–H and O–H groups in total. The quantitative estimate of drug-likeness (QED) is 0.906. The standard InChI is InChI=1S/C18H19N3O/c1-19-18(22)16-4-2-3-15(13-16)14-5-7-17(8-6-14)21-11-9-20-10-12-21/h4-8,13,20H,9-12H2,1H3,(H,19,22). The molecule has 1 saturated heterocycles. The van der Waals surface area contributed by atoms with Crippen LogP contribution < -0.4 is 15.5 Å². The number of anilines is 1. The van der Waals surface area contributed by atoms with E-state index < -0.39 is 0 Å². The maximum absolute atomic E-state index is 11.7. The molecule has 0 aromatic heterocycles. The second kappa shape index (κ2) is 6.50. The molecule has 0 saturated carbocycles. The van der Waals surface area contributed by atoms with Gasteiger partial charge in [-0.15, -0.1) is 0 Å². The summed E-state index contributed by atoms with van der Waals surface area (Å²) in [6.07, 6.45) is 0. The van der Waals surface area contributed by atoms with Crippen molar-refractivity contribution in [3.05, 3.63) is 54.1 Å². The summed E-state index contributed by atoms with van der Waals surface area (Å²) in [5.74, 6) is -0.107. The van der Waals surface area contributed by atoms with Gasteiger partial charge < -0.3 is 15.5 Å². The first-order valence-electron chi connectivity index (χ1n) is 7.49. The van der Waals surface area contributed by atoms with E-state index in [9.17, 15) is 4.79 Å². The van der Waals surface area contributed by atoms with Crippen molar-refractivity contribution in [2.75, 3.05) is 38.1 Å². The molecule has 4 nitrogen and oxygen atoms in total. The molecule has 0 unspecified atom stereocenters. The average molecular weight is 293 g/mol. The molecule has 1 amide bonds. The molecule has 1 aliphatic heterocycles. The number of hydrogen-bond donors (Lipinski definition) is 2. The van der Waals surface area contributed by atoms with Gasteiger partial charge in [0.15, 0.2) is 0 Å². The average Bonchev–Trinajstić information content (AvgIpc) is 2.62. The molecular weight excluding hydrogens is 274 g/mol. The number of piperazine rings is 1. The first kappa shape index (κ1) is 14.4. The Bertz CT molecular complexity index is 646. The number of nitrogens with zero attached hydrogens (tertiary/aromatic N) is 1. The van der Waals surface area contributed by atoms with Crippen LogP contribution in [0, 0.1) is 12.1 Å². The first-order chi connectivity index (χ1) is 10.8. The van der Waals surface area contributed by atoms with Crippen LogP contribution in [0.1, 0.15) is 10.4 Å². The van der Waals surface area contributed by atoms with Crippen LogP contribution in [0.15, 0.2) is 36.4 Å². The van der Waals surface area contributed by atoms with Crippen molar-refractivity contribution in [3.63, 3.8) is 0 Å². The smallest absolute Gasteiger partial charge is 0.251 e. The van der Waals surface area contributed by atoms with Gasteiger partial charge in [0.05, 0.1) is 0 Å². The van der Waals surface area contributed by atoms with Gasteiger partial charge in [-0.25, -0.2) is 0 Å². The van der Waals surface area contributed by atoms with E-state index in [1.807, 2.05) is 6.07 Å². The summed E-state index contributed by atoms with van der Waals surface area (Å²) in [5.41, 5.74) is 3.76. The summed E-state index contributed by atoms with van der Waals surface area (Å²) < 4.78 is 0. The zero-order valence-corrected chi connectivity index (χ0v) is 12.6. The molecule has 1 fully saturated rings. The highest BCUT2D eigenvalue weighted by Gasteiger charge is 2.10. The van der Waals surface area contributed by atoms with E-state index in [-0.39, 0.29) is 5.91 Å². The normalized spacial score (nSPS) is 14.3. The molecule has 1 aliphatic rings. The fourth-order valence-corrected chi connectivity index (χ4v) is 2.63. The van der Waals surface area contributed by atoms with Crippen molar-refractivity contribution in [2.24, 2.45) is 0 Å². The van der Waals surface area contributed by atoms with E-state index >= 15 is 0 Å². The molecule has 22 heavy (non-hydrogen) atoms. The Hall–Kier alpha value is -2.51. The molecule has 0 spiro atoms. The summed E-state index contributed by atoms with van der Waals surface area (Å²) in [4.78, 5) is 14.1. The van der Waals surface area contributed by atoms with Gasteiger partial charge in [0.1, 0.15) is 0 Å². The Morgan fingerprint density at radius 3 is 2.64 bits per heavy atom. The number of carbonyl (C=O) groups excluding carboxylic acids is 1. The zero-order chi connectivity index (χ0) is 15.4. The van der Waals surface area contributed by atoms with E-state index in [0.717, 1.165) is 37.3 Å². The predicted octanol–water partition coefficient (Wildman–Crippen LogP) is 1.72. The summed E-state index contributed by atoms with van der Waals surface area (Å²) in [6, 6.07) is 17.9. The third kappa shape index (κ3) is 3.05. The number of hydrogen-bond acceptors (Lipinski definition) is 3. The molecule has 4 heteroatoms. The van der Waals surface area contributed by atoms with Crippen molar-refractivity contribution >= 4 is 11.6 Å². The predicted molar refractivity (Wildman–Crippen MR) is 88.0 cm³/mol. The lowest BCUT2D eigenvalue weighted by molar-refractivity contribution is 0.0963. The second-order valence-electron chi connectivity index (χ2n) is 5.29. The summed E-state index contributed by atoms with van der Waals surface area (Å²) in [7, 11) is 1.63. The molecular formula is C18H19N3O. The summed E-state index contributed by atoms with van der Waals surface area (Å²) in [6.45, 7) is 4.12.